The molecule has 0 radical (unpaired) electrons. The van der Waals surface area contributed by atoms with Gasteiger partial charge in [0.05, 0.1) is 6.04 Å². The van der Waals surface area contributed by atoms with E-state index in [-0.39, 0.29) is 24.6 Å². The molecule has 1 aromatic carbocycles. The molecule has 0 spiro atoms. The van der Waals surface area contributed by atoms with Crippen LogP contribution in [0.2, 0.25) is 0 Å². The number of carbonyl (C=O) groups excluding carboxylic acids is 1. The Hall–Kier alpha value is -1.39. The molecule has 1 aromatic rings. The van der Waals surface area contributed by atoms with Gasteiger partial charge in [0.15, 0.2) is 0 Å². The molecule has 2 atom stereocenters. The van der Waals surface area contributed by atoms with Crippen molar-refractivity contribution in [1.29, 1.82) is 0 Å². The van der Waals surface area contributed by atoms with Crippen molar-refractivity contribution in [1.82, 2.24) is 10.2 Å². The van der Waals surface area contributed by atoms with Crippen molar-refractivity contribution in [3.63, 3.8) is 0 Å². The molecule has 0 aliphatic carbocycles. The lowest BCUT2D eigenvalue weighted by molar-refractivity contribution is -0.128. The van der Waals surface area contributed by atoms with Crippen molar-refractivity contribution in [2.75, 3.05) is 13.2 Å². The Bertz CT molecular complexity index is 436. The van der Waals surface area contributed by atoms with Gasteiger partial charge in [0, 0.05) is 19.2 Å². The summed E-state index contributed by atoms with van der Waals surface area (Å²) in [5.41, 5.74) is 1.25. The molecule has 0 saturated carbocycles. The van der Waals surface area contributed by atoms with Gasteiger partial charge in [-0.15, -0.1) is 0 Å². The van der Waals surface area contributed by atoms with Gasteiger partial charge in [-0.1, -0.05) is 36.8 Å². The van der Waals surface area contributed by atoms with Crippen LogP contribution in [0.3, 0.4) is 0 Å². The van der Waals surface area contributed by atoms with Crippen LogP contribution in [0.4, 0.5) is 0 Å². The molecule has 116 valence electrons. The molecule has 2 N–H and O–H groups in total. The minimum atomic E-state index is -0.0416. The van der Waals surface area contributed by atoms with E-state index < -0.39 is 0 Å². The largest absolute Gasteiger partial charge is 0.396 e. The zero-order valence-electron chi connectivity index (χ0n) is 12.8. The average molecular weight is 290 g/mol. The summed E-state index contributed by atoms with van der Waals surface area (Å²) in [7, 11) is 0. The smallest absolute Gasteiger partial charge is 0.237 e. The van der Waals surface area contributed by atoms with Crippen molar-refractivity contribution in [3.05, 3.63) is 35.9 Å². The van der Waals surface area contributed by atoms with E-state index in [9.17, 15) is 4.79 Å². The maximum atomic E-state index is 12.4. The fourth-order valence-electron chi connectivity index (χ4n) is 2.90. The summed E-state index contributed by atoms with van der Waals surface area (Å²) in [5, 5.41) is 12.0. The van der Waals surface area contributed by atoms with Crippen molar-refractivity contribution in [3.8, 4) is 0 Å². The van der Waals surface area contributed by atoms with Crippen molar-refractivity contribution in [2.24, 2.45) is 0 Å². The Morgan fingerprint density at radius 3 is 2.86 bits per heavy atom. The number of piperidine rings is 1. The van der Waals surface area contributed by atoms with Gasteiger partial charge < -0.3 is 10.4 Å². The van der Waals surface area contributed by atoms with Crippen LogP contribution >= 0.6 is 0 Å². The zero-order chi connectivity index (χ0) is 15.1. The first-order valence-corrected chi connectivity index (χ1v) is 7.90. The molecule has 4 nitrogen and oxygen atoms in total. The molecule has 21 heavy (non-hydrogen) atoms. The molecule has 1 aliphatic heterocycles. The van der Waals surface area contributed by atoms with Gasteiger partial charge in [-0.05, 0) is 38.3 Å². The van der Waals surface area contributed by atoms with Gasteiger partial charge in [-0.3, -0.25) is 9.69 Å². The van der Waals surface area contributed by atoms with Crippen LogP contribution in [0.15, 0.2) is 30.3 Å². The summed E-state index contributed by atoms with van der Waals surface area (Å²) in [6.07, 6.45) is 3.79. The van der Waals surface area contributed by atoms with Crippen LogP contribution in [0.1, 0.15) is 38.2 Å². The average Bonchev–Trinajstić information content (AvgIpc) is 2.49. The van der Waals surface area contributed by atoms with Crippen LogP contribution in [-0.4, -0.2) is 41.1 Å². The minimum absolute atomic E-state index is 0.0306. The lowest BCUT2D eigenvalue weighted by Crippen LogP contribution is -2.51. The monoisotopic (exact) mass is 290 g/mol. The number of nitrogens with zero attached hydrogens (tertiary/aromatic N) is 1. The van der Waals surface area contributed by atoms with Crippen molar-refractivity contribution >= 4 is 5.91 Å². The van der Waals surface area contributed by atoms with Crippen LogP contribution in [0, 0.1) is 0 Å². The van der Waals surface area contributed by atoms with E-state index in [0.29, 0.717) is 6.42 Å². The molecular weight excluding hydrogens is 264 g/mol. The molecule has 1 amide bonds. The summed E-state index contributed by atoms with van der Waals surface area (Å²) in [6, 6.07) is 10.3. The molecule has 1 heterocycles. The van der Waals surface area contributed by atoms with Crippen LogP contribution < -0.4 is 5.32 Å². The summed E-state index contributed by atoms with van der Waals surface area (Å²) >= 11 is 0. The van der Waals surface area contributed by atoms with Crippen molar-refractivity contribution < 1.29 is 9.90 Å². The van der Waals surface area contributed by atoms with E-state index in [0.717, 1.165) is 32.4 Å². The van der Waals surface area contributed by atoms with Gasteiger partial charge in [-0.25, -0.2) is 0 Å². The number of carbonyl (C=O) groups is 1. The summed E-state index contributed by atoms with van der Waals surface area (Å²) in [5.74, 6) is 0.103. The molecule has 0 aromatic heterocycles. The number of benzene rings is 1. The topological polar surface area (TPSA) is 52.6 Å². The number of amides is 1. The Kier molecular flexibility index (Phi) is 6.21. The highest BCUT2D eigenvalue weighted by Gasteiger charge is 2.29. The number of aliphatic hydroxyl groups excluding tert-OH is 1. The fourth-order valence-corrected chi connectivity index (χ4v) is 2.90. The predicted molar refractivity (Wildman–Crippen MR) is 83.8 cm³/mol. The second kappa shape index (κ2) is 8.15. The third-order valence-electron chi connectivity index (χ3n) is 4.10. The normalized spacial score (nSPS) is 21.0. The van der Waals surface area contributed by atoms with Gasteiger partial charge >= 0.3 is 0 Å². The molecule has 1 aliphatic rings. The summed E-state index contributed by atoms with van der Waals surface area (Å²) < 4.78 is 0. The molecular formula is C17H26N2O2. The highest BCUT2D eigenvalue weighted by Crippen LogP contribution is 2.20. The highest BCUT2D eigenvalue weighted by molar-refractivity contribution is 5.82. The second-order valence-electron chi connectivity index (χ2n) is 5.89. The lowest BCUT2D eigenvalue weighted by atomic mass is 10.00. The first-order valence-electron chi connectivity index (χ1n) is 7.90. The number of rotatable bonds is 6. The molecule has 1 saturated heterocycles. The van der Waals surface area contributed by atoms with E-state index >= 15 is 0 Å². The maximum absolute atomic E-state index is 12.4. The van der Waals surface area contributed by atoms with Crippen LogP contribution in [-0.2, 0) is 11.3 Å². The Morgan fingerprint density at radius 1 is 1.38 bits per heavy atom. The predicted octanol–water partition coefficient (Wildman–Crippen LogP) is 1.93. The SMILES string of the molecule is CC(CCO)NC(=O)C1CCCCN1Cc1ccccc1. The number of hydrogen-bond donors (Lipinski definition) is 2. The van der Waals surface area contributed by atoms with Gasteiger partial charge in [0.25, 0.3) is 0 Å². The standard InChI is InChI=1S/C17H26N2O2/c1-14(10-12-20)18-17(21)16-9-5-6-11-19(16)13-15-7-3-2-4-8-15/h2-4,7-8,14,16,20H,5-6,9-13H2,1H3,(H,18,21). The van der Waals surface area contributed by atoms with E-state index in [2.05, 4.69) is 22.3 Å². The van der Waals surface area contributed by atoms with E-state index in [4.69, 9.17) is 5.11 Å². The zero-order valence-corrected chi connectivity index (χ0v) is 12.8. The fraction of sp³-hybridized carbons (Fsp3) is 0.588. The first-order chi connectivity index (χ1) is 10.2. The minimum Gasteiger partial charge on any atom is -0.396 e. The second-order valence-corrected chi connectivity index (χ2v) is 5.89. The third kappa shape index (κ3) is 4.83. The molecule has 1 fully saturated rings. The Morgan fingerprint density at radius 2 is 2.14 bits per heavy atom. The molecule has 2 unspecified atom stereocenters. The van der Waals surface area contributed by atoms with E-state index in [1.54, 1.807) is 0 Å². The summed E-state index contributed by atoms with van der Waals surface area (Å²) in [6.45, 7) is 3.85. The van der Waals surface area contributed by atoms with Gasteiger partial charge in [-0.2, -0.15) is 0 Å². The van der Waals surface area contributed by atoms with Crippen LogP contribution in [0.25, 0.3) is 0 Å². The number of hydrogen-bond acceptors (Lipinski definition) is 3. The summed E-state index contributed by atoms with van der Waals surface area (Å²) in [4.78, 5) is 14.7. The third-order valence-corrected chi connectivity index (χ3v) is 4.10. The number of aliphatic hydroxyl groups is 1. The van der Waals surface area contributed by atoms with E-state index in [1.165, 1.54) is 5.56 Å². The maximum Gasteiger partial charge on any atom is 0.237 e. The molecule has 2 rings (SSSR count). The number of nitrogens with one attached hydrogen (secondary N) is 1. The van der Waals surface area contributed by atoms with Crippen molar-refractivity contribution in [2.45, 2.75) is 51.2 Å². The Labute approximate surface area is 127 Å². The van der Waals surface area contributed by atoms with Crippen LogP contribution in [0.5, 0.6) is 0 Å². The highest BCUT2D eigenvalue weighted by atomic mass is 16.3. The van der Waals surface area contributed by atoms with E-state index in [1.807, 2.05) is 25.1 Å². The number of likely N-dealkylation sites (tertiary alicyclic amines) is 1. The Balaban J connectivity index is 1.96. The quantitative estimate of drug-likeness (QED) is 0.842. The van der Waals surface area contributed by atoms with Gasteiger partial charge in [0.1, 0.15) is 0 Å². The lowest BCUT2D eigenvalue weighted by Gasteiger charge is -2.35. The molecule has 4 heteroatoms. The first kappa shape index (κ1) is 16.0. The molecule has 0 bridgehead atoms. The van der Waals surface area contributed by atoms with Gasteiger partial charge in [0.2, 0.25) is 5.91 Å².